The van der Waals surface area contributed by atoms with Crippen LogP contribution in [0.25, 0.3) is 0 Å². The number of hydrogen-bond donors (Lipinski definition) is 1. The summed E-state index contributed by atoms with van der Waals surface area (Å²) in [5, 5.41) is 9.39. The van der Waals surface area contributed by atoms with Crippen LogP contribution in [0, 0.1) is 5.82 Å². The third kappa shape index (κ3) is 3.78. The first-order valence-corrected chi connectivity index (χ1v) is 6.70. The van der Waals surface area contributed by atoms with Gasteiger partial charge in [-0.1, -0.05) is 34.1 Å². The van der Waals surface area contributed by atoms with Crippen LogP contribution >= 0.6 is 15.9 Å². The molecule has 100 valence electrons. The van der Waals surface area contributed by atoms with Crippen molar-refractivity contribution in [3.8, 4) is 5.75 Å². The molecule has 0 aliphatic carbocycles. The van der Waals surface area contributed by atoms with Crippen LogP contribution in [0.1, 0.15) is 24.2 Å². The molecule has 2 nitrogen and oxygen atoms in total. The summed E-state index contributed by atoms with van der Waals surface area (Å²) in [7, 11) is 0. The molecule has 0 saturated carbocycles. The van der Waals surface area contributed by atoms with Crippen LogP contribution < -0.4 is 4.74 Å². The van der Waals surface area contributed by atoms with Gasteiger partial charge in [0.2, 0.25) is 0 Å². The molecule has 0 fully saturated rings. The van der Waals surface area contributed by atoms with Crippen LogP contribution in [0.4, 0.5) is 4.39 Å². The molecular formula is C15H14BrFO2. The van der Waals surface area contributed by atoms with Gasteiger partial charge in [0.15, 0.2) is 0 Å². The maximum Gasteiger partial charge on any atom is 0.130 e. The van der Waals surface area contributed by atoms with E-state index in [9.17, 15) is 9.50 Å². The quantitative estimate of drug-likeness (QED) is 0.912. The van der Waals surface area contributed by atoms with Gasteiger partial charge < -0.3 is 9.84 Å². The lowest BCUT2D eigenvalue weighted by molar-refractivity contribution is 0.199. The topological polar surface area (TPSA) is 29.5 Å². The lowest BCUT2D eigenvalue weighted by Gasteiger charge is -2.09. The largest absolute Gasteiger partial charge is 0.489 e. The van der Waals surface area contributed by atoms with Gasteiger partial charge in [0.1, 0.15) is 18.2 Å². The molecule has 4 heteroatoms. The summed E-state index contributed by atoms with van der Waals surface area (Å²) in [6, 6.07) is 12.0. The second-order valence-electron chi connectivity index (χ2n) is 4.27. The molecule has 0 aliphatic heterocycles. The van der Waals surface area contributed by atoms with Crippen LogP contribution in [0.5, 0.6) is 5.75 Å². The number of hydrogen-bond acceptors (Lipinski definition) is 2. The van der Waals surface area contributed by atoms with E-state index < -0.39 is 6.10 Å². The summed E-state index contributed by atoms with van der Waals surface area (Å²) in [5.74, 6) is 0.349. The molecule has 0 saturated heterocycles. The Morgan fingerprint density at radius 3 is 2.47 bits per heavy atom. The van der Waals surface area contributed by atoms with Crippen molar-refractivity contribution >= 4 is 15.9 Å². The highest BCUT2D eigenvalue weighted by molar-refractivity contribution is 9.10. The van der Waals surface area contributed by atoms with Crippen LogP contribution in [0.2, 0.25) is 0 Å². The van der Waals surface area contributed by atoms with Gasteiger partial charge in [0, 0.05) is 10.0 Å². The van der Waals surface area contributed by atoms with Gasteiger partial charge in [-0.2, -0.15) is 0 Å². The molecule has 0 heterocycles. The Morgan fingerprint density at radius 1 is 1.21 bits per heavy atom. The summed E-state index contributed by atoms with van der Waals surface area (Å²) < 4.78 is 19.8. The minimum atomic E-state index is -0.502. The third-order valence-electron chi connectivity index (χ3n) is 2.77. The second-order valence-corrected chi connectivity index (χ2v) is 5.19. The highest BCUT2D eigenvalue weighted by atomic mass is 79.9. The van der Waals surface area contributed by atoms with Gasteiger partial charge in [-0.05, 0) is 36.8 Å². The van der Waals surface area contributed by atoms with E-state index in [1.165, 1.54) is 6.07 Å². The lowest BCUT2D eigenvalue weighted by Crippen LogP contribution is -1.99. The zero-order chi connectivity index (χ0) is 13.8. The minimum Gasteiger partial charge on any atom is -0.489 e. The Labute approximate surface area is 120 Å². The zero-order valence-corrected chi connectivity index (χ0v) is 12.0. The predicted octanol–water partition coefficient (Wildman–Crippen LogP) is 4.22. The standard InChI is InChI=1S/C15H14BrFO2/c1-10(18)11-3-6-14(7-4-11)19-9-12-2-5-13(16)8-15(12)17/h2-8,10,18H,9H2,1H3/t10-/m1/s1. The van der Waals surface area contributed by atoms with Gasteiger partial charge in [0.25, 0.3) is 0 Å². The molecule has 19 heavy (non-hydrogen) atoms. The van der Waals surface area contributed by atoms with Crippen molar-refractivity contribution in [2.45, 2.75) is 19.6 Å². The molecule has 0 bridgehead atoms. The van der Waals surface area contributed by atoms with Crippen molar-refractivity contribution < 1.29 is 14.2 Å². The first-order chi connectivity index (χ1) is 9.06. The summed E-state index contributed by atoms with van der Waals surface area (Å²) in [4.78, 5) is 0. The van der Waals surface area contributed by atoms with Crippen LogP contribution in [-0.4, -0.2) is 5.11 Å². The number of ether oxygens (including phenoxy) is 1. The fourth-order valence-corrected chi connectivity index (χ4v) is 1.98. The molecule has 2 aromatic rings. The number of benzene rings is 2. The third-order valence-corrected chi connectivity index (χ3v) is 3.27. The summed E-state index contributed by atoms with van der Waals surface area (Å²) in [6.45, 7) is 1.88. The molecule has 2 rings (SSSR count). The van der Waals surface area contributed by atoms with E-state index in [4.69, 9.17) is 4.74 Å². The number of aliphatic hydroxyl groups excluding tert-OH is 1. The number of aliphatic hydroxyl groups is 1. The summed E-state index contributed by atoms with van der Waals surface area (Å²) in [5.41, 5.74) is 1.32. The minimum absolute atomic E-state index is 0.174. The van der Waals surface area contributed by atoms with E-state index in [1.807, 2.05) is 0 Å². The fraction of sp³-hybridized carbons (Fsp3) is 0.200. The summed E-state index contributed by atoms with van der Waals surface area (Å²) >= 11 is 3.21. The van der Waals surface area contributed by atoms with E-state index in [2.05, 4.69) is 15.9 Å². The number of rotatable bonds is 4. The number of halogens is 2. The highest BCUT2D eigenvalue weighted by Gasteiger charge is 2.05. The first kappa shape index (κ1) is 14.0. The first-order valence-electron chi connectivity index (χ1n) is 5.91. The van der Waals surface area contributed by atoms with E-state index >= 15 is 0 Å². The molecule has 0 radical (unpaired) electrons. The predicted molar refractivity (Wildman–Crippen MR) is 75.5 cm³/mol. The average Bonchev–Trinajstić information content (AvgIpc) is 2.38. The van der Waals surface area contributed by atoms with E-state index in [-0.39, 0.29) is 12.4 Å². The summed E-state index contributed by atoms with van der Waals surface area (Å²) in [6.07, 6.45) is -0.502. The molecule has 0 spiro atoms. The second kappa shape index (κ2) is 6.17. The normalized spacial score (nSPS) is 12.2. The molecule has 0 aliphatic rings. The highest BCUT2D eigenvalue weighted by Crippen LogP contribution is 2.20. The Kier molecular flexibility index (Phi) is 4.56. The molecule has 0 unspecified atom stereocenters. The van der Waals surface area contributed by atoms with Crippen molar-refractivity contribution in [1.29, 1.82) is 0 Å². The van der Waals surface area contributed by atoms with Gasteiger partial charge >= 0.3 is 0 Å². The van der Waals surface area contributed by atoms with Crippen molar-refractivity contribution in [3.63, 3.8) is 0 Å². The Morgan fingerprint density at radius 2 is 1.89 bits per heavy atom. The van der Waals surface area contributed by atoms with Crippen LogP contribution in [0.15, 0.2) is 46.9 Å². The van der Waals surface area contributed by atoms with E-state index in [0.29, 0.717) is 15.8 Å². The van der Waals surface area contributed by atoms with Gasteiger partial charge in [0.05, 0.1) is 6.10 Å². The fourth-order valence-electron chi connectivity index (χ4n) is 1.64. The molecule has 1 atom stereocenters. The molecular weight excluding hydrogens is 311 g/mol. The molecule has 2 aromatic carbocycles. The molecule has 0 amide bonds. The van der Waals surface area contributed by atoms with Crippen molar-refractivity contribution in [2.24, 2.45) is 0 Å². The van der Waals surface area contributed by atoms with E-state index in [0.717, 1.165) is 5.56 Å². The molecule has 0 aromatic heterocycles. The van der Waals surface area contributed by atoms with Gasteiger partial charge in [-0.15, -0.1) is 0 Å². The van der Waals surface area contributed by atoms with Crippen molar-refractivity contribution in [1.82, 2.24) is 0 Å². The lowest BCUT2D eigenvalue weighted by atomic mass is 10.1. The SMILES string of the molecule is C[C@@H](O)c1ccc(OCc2ccc(Br)cc2F)cc1. The van der Waals surface area contributed by atoms with Crippen LogP contribution in [0.3, 0.4) is 0 Å². The van der Waals surface area contributed by atoms with Crippen molar-refractivity contribution in [3.05, 3.63) is 63.9 Å². The van der Waals surface area contributed by atoms with E-state index in [1.54, 1.807) is 43.3 Å². The smallest absolute Gasteiger partial charge is 0.130 e. The van der Waals surface area contributed by atoms with Crippen molar-refractivity contribution in [2.75, 3.05) is 0 Å². The molecule has 1 N–H and O–H groups in total. The zero-order valence-electron chi connectivity index (χ0n) is 10.4. The average molecular weight is 325 g/mol. The Balaban J connectivity index is 2.02. The monoisotopic (exact) mass is 324 g/mol. The maximum absolute atomic E-state index is 13.6. The maximum atomic E-state index is 13.6. The Hall–Kier alpha value is -1.39. The van der Waals surface area contributed by atoms with Crippen LogP contribution in [-0.2, 0) is 6.61 Å². The van der Waals surface area contributed by atoms with Gasteiger partial charge in [-0.25, -0.2) is 4.39 Å². The van der Waals surface area contributed by atoms with Gasteiger partial charge in [-0.3, -0.25) is 0 Å². The Bertz CT molecular complexity index is 553.